The van der Waals surface area contributed by atoms with Crippen molar-refractivity contribution in [3.63, 3.8) is 0 Å². The molecule has 0 aliphatic rings. The number of allylic oxidation sites excluding steroid dienone is 1. The molecular weight excluding hydrogens is 356 g/mol. The number of hydrogen-bond donors (Lipinski definition) is 4. The summed E-state index contributed by atoms with van der Waals surface area (Å²) in [5.74, 6) is -0.0850. The van der Waals surface area contributed by atoms with Crippen molar-refractivity contribution in [1.82, 2.24) is 5.32 Å². The van der Waals surface area contributed by atoms with E-state index in [-0.39, 0.29) is 30.1 Å². The molecule has 7 nitrogen and oxygen atoms in total. The molecule has 0 spiro atoms. The highest BCUT2D eigenvalue weighted by molar-refractivity contribution is 6.15. The summed E-state index contributed by atoms with van der Waals surface area (Å²) < 4.78 is 10.6. The first-order chi connectivity index (χ1) is 13.5. The first-order valence-electron chi connectivity index (χ1n) is 8.85. The molecule has 2 rings (SSSR count). The minimum Gasteiger partial charge on any atom is -0.495 e. The standard InChI is InChI=1S/C21H26N4O3/c1-14(12-28-13-22)25-21(26)16-9-11-18(24)19(20(16)27-2)17(23)10-8-15-6-4-3-5-7-15/h3-11,14,23H,12-13,22,24H2,1-2H3,(H,25,26)/b10-8+,23-17?/t14-/m0/s1. The molecule has 0 fully saturated rings. The van der Waals surface area contributed by atoms with Crippen LogP contribution in [0.3, 0.4) is 0 Å². The van der Waals surface area contributed by atoms with Gasteiger partial charge in [0, 0.05) is 11.7 Å². The van der Waals surface area contributed by atoms with Gasteiger partial charge in [-0.05, 0) is 30.7 Å². The average molecular weight is 382 g/mol. The smallest absolute Gasteiger partial charge is 0.255 e. The maximum atomic E-state index is 12.7. The zero-order chi connectivity index (χ0) is 20.5. The number of benzene rings is 2. The Morgan fingerprint density at radius 2 is 1.96 bits per heavy atom. The fourth-order valence-corrected chi connectivity index (χ4v) is 2.68. The van der Waals surface area contributed by atoms with Crippen LogP contribution in [-0.2, 0) is 4.74 Å². The van der Waals surface area contributed by atoms with Crippen LogP contribution >= 0.6 is 0 Å². The molecule has 0 aliphatic heterocycles. The van der Waals surface area contributed by atoms with Crippen LogP contribution < -0.4 is 21.5 Å². The van der Waals surface area contributed by atoms with Crippen LogP contribution in [0.25, 0.3) is 6.08 Å². The van der Waals surface area contributed by atoms with E-state index in [0.717, 1.165) is 5.56 Å². The van der Waals surface area contributed by atoms with E-state index in [1.54, 1.807) is 24.3 Å². The van der Waals surface area contributed by atoms with Crippen molar-refractivity contribution in [2.45, 2.75) is 13.0 Å². The maximum absolute atomic E-state index is 12.7. The Bertz CT molecular complexity index is 850. The minimum atomic E-state index is -0.342. The van der Waals surface area contributed by atoms with Crippen molar-refractivity contribution in [3.05, 3.63) is 65.2 Å². The molecule has 0 radical (unpaired) electrons. The van der Waals surface area contributed by atoms with E-state index >= 15 is 0 Å². The van der Waals surface area contributed by atoms with Gasteiger partial charge >= 0.3 is 0 Å². The molecule has 1 amide bonds. The number of hydrogen-bond acceptors (Lipinski definition) is 6. The molecule has 2 aromatic carbocycles. The van der Waals surface area contributed by atoms with Crippen LogP contribution in [0.15, 0.2) is 48.5 Å². The summed E-state index contributed by atoms with van der Waals surface area (Å²) in [7, 11) is 1.45. The Morgan fingerprint density at radius 1 is 1.25 bits per heavy atom. The van der Waals surface area contributed by atoms with Gasteiger partial charge in [0.15, 0.2) is 0 Å². The quantitative estimate of drug-likeness (QED) is 0.301. The van der Waals surface area contributed by atoms with Gasteiger partial charge in [0.2, 0.25) is 0 Å². The summed E-state index contributed by atoms with van der Waals surface area (Å²) in [6.07, 6.45) is 3.43. The topological polar surface area (TPSA) is 123 Å². The largest absolute Gasteiger partial charge is 0.495 e. The third-order valence-electron chi connectivity index (χ3n) is 4.01. The van der Waals surface area contributed by atoms with Crippen LogP contribution in [0.5, 0.6) is 5.75 Å². The zero-order valence-corrected chi connectivity index (χ0v) is 16.1. The lowest BCUT2D eigenvalue weighted by atomic mass is 10.0. The average Bonchev–Trinajstić information content (AvgIpc) is 2.70. The summed E-state index contributed by atoms with van der Waals surface area (Å²) in [5, 5.41) is 11.2. The van der Waals surface area contributed by atoms with Crippen LogP contribution in [0.1, 0.15) is 28.4 Å². The van der Waals surface area contributed by atoms with Gasteiger partial charge in [0.05, 0.1) is 37.3 Å². The normalized spacial score (nSPS) is 12.0. The van der Waals surface area contributed by atoms with Crippen molar-refractivity contribution < 1.29 is 14.3 Å². The van der Waals surface area contributed by atoms with E-state index in [1.165, 1.54) is 7.11 Å². The zero-order valence-electron chi connectivity index (χ0n) is 16.1. The second-order valence-electron chi connectivity index (χ2n) is 6.18. The molecule has 28 heavy (non-hydrogen) atoms. The summed E-state index contributed by atoms with van der Waals surface area (Å²) in [6.45, 7) is 2.19. The van der Waals surface area contributed by atoms with Gasteiger partial charge in [0.25, 0.3) is 5.91 Å². The fourth-order valence-electron chi connectivity index (χ4n) is 2.68. The van der Waals surface area contributed by atoms with Crippen molar-refractivity contribution in [1.29, 1.82) is 5.41 Å². The molecule has 0 saturated carbocycles. The minimum absolute atomic E-state index is 0.0838. The van der Waals surface area contributed by atoms with Gasteiger partial charge < -0.3 is 31.7 Å². The van der Waals surface area contributed by atoms with Crippen LogP contribution in [-0.4, -0.2) is 38.1 Å². The van der Waals surface area contributed by atoms with Crippen molar-refractivity contribution in [3.8, 4) is 5.75 Å². The van der Waals surface area contributed by atoms with Gasteiger partial charge in [-0.1, -0.05) is 36.4 Å². The number of anilines is 1. The maximum Gasteiger partial charge on any atom is 0.255 e. The number of nitrogen functional groups attached to an aromatic ring is 1. The van der Waals surface area contributed by atoms with Crippen molar-refractivity contribution >= 4 is 23.4 Å². The fraction of sp³-hybridized carbons (Fsp3) is 0.238. The number of carbonyl (C=O) groups excluding carboxylic acids is 1. The third kappa shape index (κ3) is 5.42. The molecule has 0 aliphatic carbocycles. The van der Waals surface area contributed by atoms with E-state index in [1.807, 2.05) is 37.3 Å². The van der Waals surface area contributed by atoms with Gasteiger partial charge in [-0.2, -0.15) is 0 Å². The first kappa shape index (κ1) is 21.1. The van der Waals surface area contributed by atoms with Crippen molar-refractivity contribution in [2.75, 3.05) is 26.2 Å². The lowest BCUT2D eigenvalue weighted by Gasteiger charge is -2.18. The molecule has 0 heterocycles. The summed E-state index contributed by atoms with van der Waals surface area (Å²) in [4.78, 5) is 12.7. The lowest BCUT2D eigenvalue weighted by molar-refractivity contribution is 0.0861. The highest BCUT2D eigenvalue weighted by atomic mass is 16.5. The number of nitrogens with two attached hydrogens (primary N) is 2. The van der Waals surface area contributed by atoms with E-state index < -0.39 is 0 Å². The van der Waals surface area contributed by atoms with Crippen LogP contribution in [0, 0.1) is 5.41 Å². The molecule has 0 saturated heterocycles. The Kier molecular flexibility index (Phi) is 7.74. The Labute approximate surface area is 164 Å². The summed E-state index contributed by atoms with van der Waals surface area (Å²) in [5.41, 5.74) is 13.5. The number of rotatable bonds is 9. The van der Waals surface area contributed by atoms with E-state index in [4.69, 9.17) is 26.4 Å². The molecule has 0 bridgehead atoms. The second kappa shape index (κ2) is 10.2. The monoisotopic (exact) mass is 382 g/mol. The van der Waals surface area contributed by atoms with Crippen molar-refractivity contribution in [2.24, 2.45) is 5.73 Å². The molecular formula is C21H26N4O3. The molecule has 0 aromatic heterocycles. The molecule has 1 atom stereocenters. The first-order valence-corrected chi connectivity index (χ1v) is 8.85. The van der Waals surface area contributed by atoms with E-state index in [9.17, 15) is 4.79 Å². The second-order valence-corrected chi connectivity index (χ2v) is 6.18. The molecule has 6 N–H and O–H groups in total. The van der Waals surface area contributed by atoms with Crippen LogP contribution in [0.2, 0.25) is 0 Å². The molecule has 2 aromatic rings. The van der Waals surface area contributed by atoms with Gasteiger partial charge in [-0.25, -0.2) is 0 Å². The van der Waals surface area contributed by atoms with Crippen LogP contribution in [0.4, 0.5) is 5.69 Å². The van der Waals surface area contributed by atoms with E-state index in [0.29, 0.717) is 23.4 Å². The van der Waals surface area contributed by atoms with E-state index in [2.05, 4.69) is 5.32 Å². The van der Waals surface area contributed by atoms with Gasteiger partial charge in [-0.3, -0.25) is 4.79 Å². The summed E-state index contributed by atoms with van der Waals surface area (Å²) in [6, 6.07) is 12.6. The highest BCUT2D eigenvalue weighted by Crippen LogP contribution is 2.30. The number of carbonyl (C=O) groups is 1. The Hall–Kier alpha value is -3.16. The highest BCUT2D eigenvalue weighted by Gasteiger charge is 2.21. The Balaban J connectivity index is 2.29. The molecule has 148 valence electrons. The SMILES string of the molecule is COc1c(C(=O)N[C@@H](C)COCN)ccc(N)c1C(=N)/C=C/c1ccccc1. The lowest BCUT2D eigenvalue weighted by Crippen LogP contribution is -2.36. The summed E-state index contributed by atoms with van der Waals surface area (Å²) >= 11 is 0. The number of amides is 1. The predicted octanol–water partition coefficient (Wildman–Crippen LogP) is 2.41. The molecule has 7 heteroatoms. The number of ether oxygens (including phenoxy) is 2. The molecule has 0 unspecified atom stereocenters. The third-order valence-corrected chi connectivity index (χ3v) is 4.01. The number of nitrogens with one attached hydrogen (secondary N) is 2. The van der Waals surface area contributed by atoms with Gasteiger partial charge in [-0.15, -0.1) is 0 Å². The van der Waals surface area contributed by atoms with Gasteiger partial charge in [0.1, 0.15) is 5.75 Å². The Morgan fingerprint density at radius 3 is 2.61 bits per heavy atom. The predicted molar refractivity (Wildman–Crippen MR) is 112 cm³/mol. The number of methoxy groups -OCH3 is 1.